The smallest absolute Gasteiger partial charge is 0.250 e. The number of ether oxygens (including phenoxy) is 3. The minimum atomic E-state index is -2.39. The van der Waals surface area contributed by atoms with Crippen LogP contribution in [0, 0.1) is 46.3 Å². The van der Waals surface area contributed by atoms with Crippen LogP contribution >= 0.6 is 7.29 Å². The van der Waals surface area contributed by atoms with Gasteiger partial charge in [-0.1, -0.05) is 17.9 Å². The Labute approximate surface area is 333 Å². The van der Waals surface area contributed by atoms with Crippen LogP contribution < -0.4 is 19.9 Å². The fraction of sp³-hybridized carbons (Fsp3) is 0.222. The number of hydrogen-bond donors (Lipinski definition) is 2. The van der Waals surface area contributed by atoms with Crippen LogP contribution in [0.5, 0.6) is 11.5 Å². The Hall–Kier alpha value is -6.88. The molecule has 2 aromatic heterocycles. The number of carbonyl (C=O) groups excluding carboxylic acids is 1. The fourth-order valence-corrected chi connectivity index (χ4v) is 7.03. The maximum atomic E-state index is 12.0. The average Bonchev–Trinajstić information content (AvgIpc) is 3.68. The first-order valence-corrected chi connectivity index (χ1v) is 20.6. The monoisotopic (exact) mass is 778 g/mol. The van der Waals surface area contributed by atoms with Crippen LogP contribution in [0.25, 0.3) is 21.8 Å². The molecular weight excluding hydrogens is 736 g/mol. The van der Waals surface area contributed by atoms with E-state index < -0.39 is 7.29 Å². The lowest BCUT2D eigenvalue weighted by molar-refractivity contribution is -0.119. The minimum absolute atomic E-state index is 0.00481. The van der Waals surface area contributed by atoms with Crippen molar-refractivity contribution in [2.45, 2.75) is 26.9 Å². The lowest BCUT2D eigenvalue weighted by Crippen LogP contribution is -2.16. The van der Waals surface area contributed by atoms with E-state index in [0.717, 1.165) is 44.4 Å². The van der Waals surface area contributed by atoms with Crippen molar-refractivity contribution in [1.82, 2.24) is 9.13 Å². The number of nitrogens with one attached hydrogen (secondary N) is 2. The standard InChI is InChI=1S/C23H21N3O3.C22H22N3O2P/c1-4-26-21-12-10-18(29-3)13-19(21)20(14-24)22(26)11-7-16-5-8-17(9-6-16)25-23(27)15-28-2;1-5-25-21(20(15-23)19-11-10-18(27-2)14-22(19)25)12-9-16-7-6-8-17(13-16)24-28(3,4)26/h5-6,8-10,12-13H,4,15H2,1-3H3,(H,25,27);6-8,10-11,13-14H,5H2,1-4H3,(H,24,26). The Bertz CT molecular complexity index is 2700. The molecule has 0 spiro atoms. The summed E-state index contributed by atoms with van der Waals surface area (Å²) in [5.74, 6) is 13.8. The number of aryl methyl sites for hydroxylation is 2. The third kappa shape index (κ3) is 9.87. The number of anilines is 2. The predicted octanol–water partition coefficient (Wildman–Crippen LogP) is 8.42. The summed E-state index contributed by atoms with van der Waals surface area (Å²) in [6.45, 7) is 8.79. The van der Waals surface area contributed by atoms with E-state index in [9.17, 15) is 19.9 Å². The highest BCUT2D eigenvalue weighted by molar-refractivity contribution is 7.63. The summed E-state index contributed by atoms with van der Waals surface area (Å²) in [6, 6.07) is 30.6. The molecule has 0 saturated heterocycles. The molecule has 11 nitrogen and oxygen atoms in total. The number of rotatable bonds is 9. The van der Waals surface area contributed by atoms with Crippen LogP contribution in [0.2, 0.25) is 0 Å². The van der Waals surface area contributed by atoms with Crippen molar-refractivity contribution >= 4 is 46.4 Å². The summed E-state index contributed by atoms with van der Waals surface area (Å²) in [5, 5.41) is 26.9. The van der Waals surface area contributed by atoms with E-state index in [4.69, 9.17) is 14.2 Å². The number of nitrogens with zero attached hydrogens (tertiary/aromatic N) is 4. The van der Waals surface area contributed by atoms with Gasteiger partial charge in [0, 0.05) is 72.9 Å². The molecule has 6 aromatic rings. The molecule has 2 heterocycles. The number of nitriles is 2. The highest BCUT2D eigenvalue weighted by Gasteiger charge is 2.17. The number of carbonyl (C=O) groups is 1. The predicted molar refractivity (Wildman–Crippen MR) is 226 cm³/mol. The first kappa shape index (κ1) is 41.3. The normalized spacial score (nSPS) is 10.5. The molecule has 4 aromatic carbocycles. The van der Waals surface area contributed by atoms with Crippen molar-refractivity contribution in [3.63, 3.8) is 0 Å². The molecule has 0 bridgehead atoms. The zero-order valence-electron chi connectivity index (χ0n) is 33.0. The van der Waals surface area contributed by atoms with Crippen molar-refractivity contribution in [3.8, 4) is 47.3 Å². The van der Waals surface area contributed by atoms with E-state index in [0.29, 0.717) is 47.0 Å². The average molecular weight is 779 g/mol. The summed E-state index contributed by atoms with van der Waals surface area (Å²) < 4.78 is 31.5. The Morgan fingerprint density at radius 3 is 1.88 bits per heavy atom. The fourth-order valence-electron chi connectivity index (χ4n) is 6.27. The maximum Gasteiger partial charge on any atom is 0.250 e. The molecule has 0 atom stereocenters. The van der Waals surface area contributed by atoms with E-state index in [2.05, 4.69) is 46.2 Å². The second-order valence-corrected chi connectivity index (χ2v) is 16.0. The lowest BCUT2D eigenvalue weighted by Gasteiger charge is -2.10. The molecule has 57 heavy (non-hydrogen) atoms. The summed E-state index contributed by atoms with van der Waals surface area (Å²) in [4.78, 5) is 11.6. The first-order valence-electron chi connectivity index (χ1n) is 18.0. The molecule has 6 rings (SSSR count). The van der Waals surface area contributed by atoms with Gasteiger partial charge in [0.25, 0.3) is 0 Å². The van der Waals surface area contributed by atoms with Gasteiger partial charge in [-0.05, 0) is 98.5 Å². The van der Waals surface area contributed by atoms with Crippen molar-refractivity contribution in [1.29, 1.82) is 10.5 Å². The van der Waals surface area contributed by atoms with Crippen molar-refractivity contribution in [3.05, 3.63) is 119 Å². The Kier molecular flexibility index (Phi) is 13.5. The second kappa shape index (κ2) is 18.6. The van der Waals surface area contributed by atoms with Crippen LogP contribution in [-0.2, 0) is 27.2 Å². The van der Waals surface area contributed by atoms with Gasteiger partial charge in [-0.2, -0.15) is 10.5 Å². The molecule has 288 valence electrons. The van der Waals surface area contributed by atoms with Crippen LogP contribution in [0.1, 0.15) is 47.5 Å². The number of aromatic nitrogens is 2. The molecule has 0 fully saturated rings. The van der Waals surface area contributed by atoms with E-state index in [-0.39, 0.29) is 12.5 Å². The zero-order chi connectivity index (χ0) is 41.1. The molecular formula is C45H43N6O5P. The van der Waals surface area contributed by atoms with E-state index in [1.165, 1.54) is 7.11 Å². The van der Waals surface area contributed by atoms with Gasteiger partial charge in [0.05, 0.1) is 36.4 Å². The topological polar surface area (TPSA) is 143 Å². The second-order valence-electron chi connectivity index (χ2n) is 13.0. The van der Waals surface area contributed by atoms with E-state index >= 15 is 0 Å². The highest BCUT2D eigenvalue weighted by Crippen LogP contribution is 2.36. The van der Waals surface area contributed by atoms with Crippen LogP contribution in [0.3, 0.4) is 0 Å². The number of amides is 1. The molecule has 0 aliphatic heterocycles. The van der Waals surface area contributed by atoms with Crippen molar-refractivity contribution in [2.75, 3.05) is 51.7 Å². The lowest BCUT2D eigenvalue weighted by atomic mass is 10.1. The zero-order valence-corrected chi connectivity index (χ0v) is 33.9. The minimum Gasteiger partial charge on any atom is -0.497 e. The van der Waals surface area contributed by atoms with Crippen LogP contribution in [0.15, 0.2) is 84.9 Å². The third-order valence-corrected chi connectivity index (χ3v) is 9.55. The van der Waals surface area contributed by atoms with Gasteiger partial charge >= 0.3 is 0 Å². The van der Waals surface area contributed by atoms with E-state index in [1.807, 2.05) is 95.8 Å². The molecule has 0 aliphatic carbocycles. The van der Waals surface area contributed by atoms with Gasteiger partial charge in [0.1, 0.15) is 41.6 Å². The van der Waals surface area contributed by atoms with Crippen molar-refractivity contribution < 1.29 is 23.6 Å². The van der Waals surface area contributed by atoms with Crippen molar-refractivity contribution in [2.24, 2.45) is 0 Å². The summed E-state index contributed by atoms with van der Waals surface area (Å²) in [7, 11) is 2.30. The molecule has 12 heteroatoms. The molecule has 0 saturated carbocycles. The molecule has 2 N–H and O–H groups in total. The number of hydrogen-bond acceptors (Lipinski definition) is 7. The van der Waals surface area contributed by atoms with Crippen LogP contribution in [0.4, 0.5) is 11.4 Å². The van der Waals surface area contributed by atoms with Gasteiger partial charge in [-0.15, -0.1) is 0 Å². The van der Waals surface area contributed by atoms with Gasteiger partial charge in [0.15, 0.2) is 7.29 Å². The SMILES string of the molecule is CCn1c(C#Cc2ccc(NC(=O)COC)cc2)c(C#N)c2cc(OC)ccc21.CCn1c(C#Cc2cccc(NP(C)(C)=O)c2)c(C#N)c2ccc(OC)cc21. The van der Waals surface area contributed by atoms with Gasteiger partial charge < -0.3 is 38.3 Å². The first-order chi connectivity index (χ1) is 27.5. The molecule has 0 unspecified atom stereocenters. The summed E-state index contributed by atoms with van der Waals surface area (Å²) in [6.07, 6.45) is 0. The van der Waals surface area contributed by atoms with Crippen LogP contribution in [-0.4, -0.2) is 56.3 Å². The molecule has 0 radical (unpaired) electrons. The Morgan fingerprint density at radius 2 is 1.28 bits per heavy atom. The quantitative estimate of drug-likeness (QED) is 0.110. The van der Waals surface area contributed by atoms with Gasteiger partial charge in [0.2, 0.25) is 5.91 Å². The number of benzene rings is 4. The number of fused-ring (bicyclic) bond motifs is 2. The Balaban J connectivity index is 0.000000218. The third-order valence-electron chi connectivity index (χ3n) is 8.75. The van der Waals surface area contributed by atoms with Gasteiger partial charge in [-0.25, -0.2) is 0 Å². The Morgan fingerprint density at radius 1 is 0.684 bits per heavy atom. The molecule has 1 amide bonds. The number of methoxy groups -OCH3 is 3. The van der Waals surface area contributed by atoms with E-state index in [1.54, 1.807) is 39.7 Å². The summed E-state index contributed by atoms with van der Waals surface area (Å²) in [5.41, 5.74) is 7.34. The summed E-state index contributed by atoms with van der Waals surface area (Å²) >= 11 is 0. The maximum absolute atomic E-state index is 12.0. The van der Waals surface area contributed by atoms with Gasteiger partial charge in [-0.3, -0.25) is 4.79 Å². The highest BCUT2D eigenvalue weighted by atomic mass is 31.2. The molecule has 0 aliphatic rings. The largest absolute Gasteiger partial charge is 0.497 e.